The Labute approximate surface area is 47.0 Å². The fourth-order valence-corrected chi connectivity index (χ4v) is 0.215. The van der Waals surface area contributed by atoms with Crippen LogP contribution in [0.5, 0.6) is 0 Å². The highest BCUT2D eigenvalue weighted by Crippen LogP contribution is 1.64. The van der Waals surface area contributed by atoms with Gasteiger partial charge in [0.05, 0.1) is 0 Å². The van der Waals surface area contributed by atoms with Gasteiger partial charge < -0.3 is 0 Å². The zero-order chi connectivity index (χ0) is 6.24. The molecule has 0 amide bonds. The Morgan fingerprint density at radius 2 is 2.38 bits per heavy atom. The molecule has 0 unspecified atom stereocenters. The zero-order valence-corrected chi connectivity index (χ0v) is 4.29. The molecule has 0 spiro atoms. The first kappa shape index (κ1) is 6.66. The molecule has 3 nitrogen and oxygen atoms in total. The van der Waals surface area contributed by atoms with Crippen molar-refractivity contribution in [3.05, 3.63) is 25.0 Å². The molecule has 1 N–H and O–H groups in total. The van der Waals surface area contributed by atoms with E-state index in [-0.39, 0.29) is 0 Å². The van der Waals surface area contributed by atoms with E-state index in [0.717, 1.165) is 0 Å². The molecule has 0 radical (unpaired) electrons. The van der Waals surface area contributed by atoms with Crippen LogP contribution in [0.15, 0.2) is 25.0 Å². The minimum Gasteiger partial charge on any atom is -0.286 e. The number of aromatic amines is 1. The average Bonchev–Trinajstić information content (AvgIpc) is 2.17. The summed E-state index contributed by atoms with van der Waals surface area (Å²) >= 11 is 0. The first-order valence-electron chi connectivity index (χ1n) is 1.99. The number of nitrogens with one attached hydrogen (secondary N) is 1. The van der Waals surface area contributed by atoms with Crippen molar-refractivity contribution < 1.29 is 4.79 Å². The van der Waals surface area contributed by atoms with Gasteiger partial charge in [-0.25, -0.2) is 4.79 Å². The van der Waals surface area contributed by atoms with Gasteiger partial charge in [-0.15, -0.1) is 0 Å². The summed E-state index contributed by atoms with van der Waals surface area (Å²) in [6.07, 6.45) is 3.46. The maximum absolute atomic E-state index is 8.57. The van der Waals surface area contributed by atoms with E-state index in [1.165, 1.54) is 5.94 Å². The van der Waals surface area contributed by atoms with Crippen LogP contribution in [0.2, 0.25) is 0 Å². The van der Waals surface area contributed by atoms with Gasteiger partial charge in [0.15, 0.2) is 0 Å². The van der Waals surface area contributed by atoms with E-state index in [9.17, 15) is 0 Å². The molecule has 0 saturated heterocycles. The molecule has 0 fully saturated rings. The predicted molar refractivity (Wildman–Crippen MR) is 29.9 cm³/mol. The van der Waals surface area contributed by atoms with Gasteiger partial charge in [-0.2, -0.15) is 5.10 Å². The molecule has 0 bridgehead atoms. The minimum absolute atomic E-state index is 1.25. The third kappa shape index (κ3) is 4.66. The van der Waals surface area contributed by atoms with Crippen LogP contribution in [0.4, 0.5) is 0 Å². The van der Waals surface area contributed by atoms with Crippen LogP contribution < -0.4 is 0 Å². The van der Waals surface area contributed by atoms with Crippen LogP contribution in [0, 0.1) is 0 Å². The summed E-state index contributed by atoms with van der Waals surface area (Å²) in [6, 6.07) is 1.83. The van der Waals surface area contributed by atoms with Gasteiger partial charge in [0, 0.05) is 12.4 Å². The molecule has 42 valence electrons. The van der Waals surface area contributed by atoms with E-state index in [4.69, 9.17) is 4.79 Å². The highest BCUT2D eigenvalue weighted by atomic mass is 16.1. The summed E-state index contributed by atoms with van der Waals surface area (Å²) in [6.45, 7) is 2.68. The molecular formula is C5H6N2O. The highest BCUT2D eigenvalue weighted by Gasteiger charge is 1.56. The van der Waals surface area contributed by atoms with Crippen LogP contribution in [-0.2, 0) is 4.79 Å². The lowest BCUT2D eigenvalue weighted by molar-refractivity contribution is 0.569. The van der Waals surface area contributed by atoms with E-state index < -0.39 is 0 Å². The number of hydrogen-bond donors (Lipinski definition) is 1. The topological polar surface area (TPSA) is 45.8 Å². The van der Waals surface area contributed by atoms with Crippen molar-refractivity contribution in [1.82, 2.24) is 10.2 Å². The number of rotatable bonds is 0. The Kier molecular flexibility index (Phi) is 4.71. The standard InChI is InChI=1S/C3H4N2.C2H2O/c1-2-4-5-3-1;1-2-3/h1-3H,(H,4,5);1H2. The Hall–Kier alpha value is -1.34. The number of carbonyl (C=O) groups excluding carboxylic acids is 1. The molecule has 0 aliphatic carbocycles. The Bertz CT molecular complexity index is 122. The third-order valence-corrected chi connectivity index (χ3v) is 0.406. The van der Waals surface area contributed by atoms with Crippen molar-refractivity contribution in [2.24, 2.45) is 0 Å². The molecule has 1 rings (SSSR count). The second-order valence-electron chi connectivity index (χ2n) is 0.911. The quantitative estimate of drug-likeness (QED) is 0.492. The van der Waals surface area contributed by atoms with Gasteiger partial charge in [0.1, 0.15) is 5.94 Å². The summed E-state index contributed by atoms with van der Waals surface area (Å²) in [5, 5.41) is 6.21. The molecule has 1 aromatic heterocycles. The predicted octanol–water partition coefficient (Wildman–Crippen LogP) is 0.414. The smallest absolute Gasteiger partial charge is 0.116 e. The lowest BCUT2D eigenvalue weighted by atomic mass is 10.8. The minimum atomic E-state index is 1.25. The normalized spacial score (nSPS) is 6.00. The first-order valence-corrected chi connectivity index (χ1v) is 1.99. The zero-order valence-electron chi connectivity index (χ0n) is 4.29. The van der Waals surface area contributed by atoms with Crippen molar-refractivity contribution in [3.8, 4) is 0 Å². The van der Waals surface area contributed by atoms with E-state index >= 15 is 0 Å². The monoisotopic (exact) mass is 110 g/mol. The molecule has 3 heteroatoms. The van der Waals surface area contributed by atoms with Gasteiger partial charge in [-0.3, -0.25) is 5.10 Å². The highest BCUT2D eigenvalue weighted by molar-refractivity contribution is 5.38. The van der Waals surface area contributed by atoms with Crippen molar-refractivity contribution in [1.29, 1.82) is 0 Å². The molecule has 0 aliphatic rings. The lowest BCUT2D eigenvalue weighted by Crippen LogP contribution is -1.53. The summed E-state index contributed by atoms with van der Waals surface area (Å²) in [4.78, 5) is 8.57. The second kappa shape index (κ2) is 5.66. The van der Waals surface area contributed by atoms with Crippen molar-refractivity contribution in [3.63, 3.8) is 0 Å². The van der Waals surface area contributed by atoms with E-state index in [2.05, 4.69) is 16.8 Å². The van der Waals surface area contributed by atoms with E-state index in [0.29, 0.717) is 0 Å². The molecule has 1 heterocycles. The van der Waals surface area contributed by atoms with Crippen molar-refractivity contribution in [2.75, 3.05) is 0 Å². The molecule has 0 saturated carbocycles. The summed E-state index contributed by atoms with van der Waals surface area (Å²) < 4.78 is 0. The maximum Gasteiger partial charge on any atom is 0.116 e. The van der Waals surface area contributed by atoms with Crippen molar-refractivity contribution >= 4 is 5.94 Å². The molecule has 0 aromatic carbocycles. The SMILES string of the molecule is C=C=O.c1cn[nH]c1. The van der Waals surface area contributed by atoms with Crippen LogP contribution in [0.1, 0.15) is 0 Å². The van der Waals surface area contributed by atoms with Crippen LogP contribution in [0.25, 0.3) is 0 Å². The summed E-state index contributed by atoms with van der Waals surface area (Å²) in [5.41, 5.74) is 0. The fraction of sp³-hybridized carbons (Fsp3) is 0. The second-order valence-corrected chi connectivity index (χ2v) is 0.911. The van der Waals surface area contributed by atoms with Gasteiger partial charge >= 0.3 is 0 Å². The Morgan fingerprint density at radius 3 is 2.50 bits per heavy atom. The van der Waals surface area contributed by atoms with Crippen molar-refractivity contribution in [2.45, 2.75) is 0 Å². The lowest BCUT2D eigenvalue weighted by Gasteiger charge is -1.49. The van der Waals surface area contributed by atoms with Gasteiger partial charge in [-0.1, -0.05) is 0 Å². The van der Waals surface area contributed by atoms with Crippen LogP contribution in [0.3, 0.4) is 0 Å². The number of H-pyrrole nitrogens is 1. The van der Waals surface area contributed by atoms with Crippen LogP contribution >= 0.6 is 0 Å². The number of aromatic nitrogens is 2. The number of nitrogens with zero attached hydrogens (tertiary/aromatic N) is 1. The molecule has 1 aromatic rings. The largest absolute Gasteiger partial charge is 0.286 e. The van der Waals surface area contributed by atoms with Gasteiger partial charge in [0.25, 0.3) is 0 Å². The fourth-order valence-electron chi connectivity index (χ4n) is 0.215. The summed E-state index contributed by atoms with van der Waals surface area (Å²) in [7, 11) is 0. The molecule has 8 heavy (non-hydrogen) atoms. The van der Waals surface area contributed by atoms with E-state index in [1.807, 2.05) is 6.07 Å². The first-order chi connectivity index (χ1) is 3.91. The third-order valence-electron chi connectivity index (χ3n) is 0.406. The van der Waals surface area contributed by atoms with E-state index in [1.54, 1.807) is 12.4 Å². The van der Waals surface area contributed by atoms with Gasteiger partial charge in [0.2, 0.25) is 0 Å². The van der Waals surface area contributed by atoms with Crippen LogP contribution in [-0.4, -0.2) is 16.1 Å². The molecule has 0 aliphatic heterocycles. The Balaban J connectivity index is 0.000000145. The number of hydrogen-bond acceptors (Lipinski definition) is 2. The maximum atomic E-state index is 8.57. The average molecular weight is 110 g/mol. The molecular weight excluding hydrogens is 104 g/mol. The summed E-state index contributed by atoms with van der Waals surface area (Å²) in [5.74, 6) is 1.25. The van der Waals surface area contributed by atoms with Gasteiger partial charge in [-0.05, 0) is 12.6 Å². The Morgan fingerprint density at radius 1 is 1.75 bits per heavy atom. The molecule has 0 atom stereocenters.